The molecular formula is C18H21N3O4. The SMILES string of the molecule is COCC1CCCN(C(=O)c2cc(-c3ccc4c(c3)OCO4)n[nH]2)C1. The molecule has 0 spiro atoms. The van der Waals surface area contributed by atoms with Crippen LogP contribution in [0.1, 0.15) is 23.3 Å². The minimum Gasteiger partial charge on any atom is -0.454 e. The molecule has 7 heteroatoms. The molecule has 0 bridgehead atoms. The molecule has 0 aliphatic carbocycles. The van der Waals surface area contributed by atoms with E-state index in [0.29, 0.717) is 29.7 Å². The van der Waals surface area contributed by atoms with Gasteiger partial charge in [-0.15, -0.1) is 0 Å². The highest BCUT2D eigenvalue weighted by atomic mass is 16.7. The van der Waals surface area contributed by atoms with Crippen molar-refractivity contribution in [3.63, 3.8) is 0 Å². The summed E-state index contributed by atoms with van der Waals surface area (Å²) in [7, 11) is 1.70. The zero-order chi connectivity index (χ0) is 17.2. The lowest BCUT2D eigenvalue weighted by atomic mass is 9.98. The van der Waals surface area contributed by atoms with Crippen LogP contribution in [0.15, 0.2) is 24.3 Å². The van der Waals surface area contributed by atoms with Gasteiger partial charge in [-0.3, -0.25) is 9.89 Å². The maximum Gasteiger partial charge on any atom is 0.271 e. The number of hydrogen-bond donors (Lipinski definition) is 1. The van der Waals surface area contributed by atoms with E-state index in [-0.39, 0.29) is 12.7 Å². The zero-order valence-corrected chi connectivity index (χ0v) is 14.2. The lowest BCUT2D eigenvalue weighted by Crippen LogP contribution is -2.41. The largest absolute Gasteiger partial charge is 0.454 e. The molecule has 2 aromatic rings. The number of likely N-dealkylation sites (tertiary alicyclic amines) is 1. The van der Waals surface area contributed by atoms with Crippen LogP contribution in [0.4, 0.5) is 0 Å². The quantitative estimate of drug-likeness (QED) is 0.922. The normalized spacial score (nSPS) is 19.2. The number of methoxy groups -OCH3 is 1. The molecular weight excluding hydrogens is 322 g/mol. The first-order chi connectivity index (χ1) is 12.2. The van der Waals surface area contributed by atoms with E-state index in [1.165, 1.54) is 0 Å². The van der Waals surface area contributed by atoms with Crippen LogP contribution in [0, 0.1) is 5.92 Å². The van der Waals surface area contributed by atoms with Gasteiger partial charge in [-0.05, 0) is 43.0 Å². The molecule has 1 atom stereocenters. The summed E-state index contributed by atoms with van der Waals surface area (Å²) in [6, 6.07) is 7.43. The second-order valence-electron chi connectivity index (χ2n) is 6.45. The van der Waals surface area contributed by atoms with Crippen LogP contribution in [0.3, 0.4) is 0 Å². The van der Waals surface area contributed by atoms with Gasteiger partial charge in [0.05, 0.1) is 12.3 Å². The van der Waals surface area contributed by atoms with Gasteiger partial charge in [-0.2, -0.15) is 5.10 Å². The Kier molecular flexibility index (Phi) is 4.31. The number of aromatic nitrogens is 2. The van der Waals surface area contributed by atoms with Crippen LogP contribution in [-0.2, 0) is 4.74 Å². The number of benzene rings is 1. The number of H-pyrrole nitrogens is 1. The second kappa shape index (κ2) is 6.76. The highest BCUT2D eigenvalue weighted by Crippen LogP contribution is 2.35. The zero-order valence-electron chi connectivity index (χ0n) is 14.2. The average molecular weight is 343 g/mol. The number of rotatable bonds is 4. The van der Waals surface area contributed by atoms with Crippen LogP contribution in [0.5, 0.6) is 11.5 Å². The average Bonchev–Trinajstić information content (AvgIpc) is 3.30. The maximum absolute atomic E-state index is 12.8. The predicted octanol–water partition coefficient (Wildman–Crippen LogP) is 2.30. The van der Waals surface area contributed by atoms with Gasteiger partial charge in [0.1, 0.15) is 5.69 Å². The monoisotopic (exact) mass is 343 g/mol. The van der Waals surface area contributed by atoms with Gasteiger partial charge in [0, 0.05) is 25.8 Å². The molecule has 1 N–H and O–H groups in total. The Bertz CT molecular complexity index is 771. The van der Waals surface area contributed by atoms with E-state index in [0.717, 1.165) is 37.2 Å². The van der Waals surface area contributed by atoms with Crippen molar-refractivity contribution < 1.29 is 19.0 Å². The van der Waals surface area contributed by atoms with Crippen molar-refractivity contribution in [2.24, 2.45) is 5.92 Å². The molecule has 2 aliphatic rings. The third-order valence-corrected chi connectivity index (χ3v) is 4.69. The fourth-order valence-electron chi connectivity index (χ4n) is 3.43. The molecule has 0 saturated carbocycles. The summed E-state index contributed by atoms with van der Waals surface area (Å²) in [4.78, 5) is 14.6. The number of nitrogens with zero attached hydrogens (tertiary/aromatic N) is 2. The van der Waals surface area contributed by atoms with Gasteiger partial charge < -0.3 is 19.1 Å². The van der Waals surface area contributed by atoms with Gasteiger partial charge in [-0.1, -0.05) is 0 Å². The van der Waals surface area contributed by atoms with Crippen LogP contribution < -0.4 is 9.47 Å². The summed E-state index contributed by atoms with van der Waals surface area (Å²) in [5, 5.41) is 7.16. The smallest absolute Gasteiger partial charge is 0.271 e. The molecule has 1 fully saturated rings. The number of carbonyl (C=O) groups is 1. The van der Waals surface area contributed by atoms with E-state index in [1.54, 1.807) is 13.2 Å². The van der Waals surface area contributed by atoms with Gasteiger partial charge in [-0.25, -0.2) is 0 Å². The Morgan fingerprint density at radius 3 is 3.12 bits per heavy atom. The number of ether oxygens (including phenoxy) is 3. The number of hydrogen-bond acceptors (Lipinski definition) is 5. The highest BCUT2D eigenvalue weighted by Gasteiger charge is 2.26. The number of nitrogens with one attached hydrogen (secondary N) is 1. The van der Waals surface area contributed by atoms with Crippen molar-refractivity contribution in [3.05, 3.63) is 30.0 Å². The maximum atomic E-state index is 12.8. The van der Waals surface area contributed by atoms with Crippen molar-refractivity contribution >= 4 is 5.91 Å². The van der Waals surface area contributed by atoms with E-state index < -0.39 is 0 Å². The van der Waals surface area contributed by atoms with Gasteiger partial charge in [0.25, 0.3) is 5.91 Å². The van der Waals surface area contributed by atoms with Crippen molar-refractivity contribution in [2.75, 3.05) is 33.6 Å². The summed E-state index contributed by atoms with van der Waals surface area (Å²) in [5.41, 5.74) is 2.10. The standard InChI is InChI=1S/C18H21N3O4/c1-23-10-12-3-2-6-21(9-12)18(22)15-8-14(19-20-15)13-4-5-16-17(7-13)25-11-24-16/h4-5,7-8,12H,2-3,6,9-11H2,1H3,(H,19,20). The van der Waals surface area contributed by atoms with E-state index in [2.05, 4.69) is 10.2 Å². The first-order valence-electron chi connectivity index (χ1n) is 8.48. The number of amides is 1. The Morgan fingerprint density at radius 2 is 2.24 bits per heavy atom. The topological polar surface area (TPSA) is 76.7 Å². The minimum absolute atomic E-state index is 0.0136. The molecule has 25 heavy (non-hydrogen) atoms. The van der Waals surface area contributed by atoms with Crippen LogP contribution >= 0.6 is 0 Å². The number of aromatic amines is 1. The predicted molar refractivity (Wildman–Crippen MR) is 90.7 cm³/mol. The lowest BCUT2D eigenvalue weighted by Gasteiger charge is -2.32. The molecule has 3 heterocycles. The van der Waals surface area contributed by atoms with Crippen LogP contribution in [-0.4, -0.2) is 54.6 Å². The first kappa shape index (κ1) is 16.0. The van der Waals surface area contributed by atoms with E-state index in [9.17, 15) is 4.79 Å². The molecule has 132 valence electrons. The molecule has 1 aromatic carbocycles. The minimum atomic E-state index is -0.0136. The van der Waals surface area contributed by atoms with Crippen LogP contribution in [0.2, 0.25) is 0 Å². The molecule has 1 unspecified atom stereocenters. The molecule has 1 saturated heterocycles. The van der Waals surface area contributed by atoms with E-state index in [1.807, 2.05) is 23.1 Å². The van der Waals surface area contributed by atoms with Crippen LogP contribution in [0.25, 0.3) is 11.3 Å². The highest BCUT2D eigenvalue weighted by molar-refractivity contribution is 5.93. The summed E-state index contributed by atoms with van der Waals surface area (Å²) >= 11 is 0. The number of piperidine rings is 1. The van der Waals surface area contributed by atoms with E-state index in [4.69, 9.17) is 14.2 Å². The summed E-state index contributed by atoms with van der Waals surface area (Å²) in [6.07, 6.45) is 2.10. The summed E-state index contributed by atoms with van der Waals surface area (Å²) in [5.74, 6) is 1.82. The van der Waals surface area contributed by atoms with Crippen molar-refractivity contribution in [3.8, 4) is 22.8 Å². The van der Waals surface area contributed by atoms with Gasteiger partial charge >= 0.3 is 0 Å². The summed E-state index contributed by atoms with van der Waals surface area (Å²) < 4.78 is 16.0. The second-order valence-corrected chi connectivity index (χ2v) is 6.45. The number of carbonyl (C=O) groups excluding carboxylic acids is 1. The molecule has 0 radical (unpaired) electrons. The molecule has 7 nitrogen and oxygen atoms in total. The Labute approximate surface area is 145 Å². The fraction of sp³-hybridized carbons (Fsp3) is 0.444. The number of fused-ring (bicyclic) bond motifs is 1. The third-order valence-electron chi connectivity index (χ3n) is 4.69. The first-order valence-corrected chi connectivity index (χ1v) is 8.48. The van der Waals surface area contributed by atoms with Crippen molar-refractivity contribution in [1.82, 2.24) is 15.1 Å². The van der Waals surface area contributed by atoms with Gasteiger partial charge in [0.15, 0.2) is 11.5 Å². The molecule has 1 aromatic heterocycles. The van der Waals surface area contributed by atoms with Crippen molar-refractivity contribution in [2.45, 2.75) is 12.8 Å². The van der Waals surface area contributed by atoms with Crippen molar-refractivity contribution in [1.29, 1.82) is 0 Å². The Hall–Kier alpha value is -2.54. The third kappa shape index (κ3) is 3.19. The Balaban J connectivity index is 1.50. The van der Waals surface area contributed by atoms with E-state index >= 15 is 0 Å². The summed E-state index contributed by atoms with van der Waals surface area (Å²) in [6.45, 7) is 2.43. The molecule has 1 amide bonds. The Morgan fingerprint density at radius 1 is 1.36 bits per heavy atom. The van der Waals surface area contributed by atoms with Gasteiger partial charge in [0.2, 0.25) is 6.79 Å². The molecule has 2 aliphatic heterocycles. The fourth-order valence-corrected chi connectivity index (χ4v) is 3.43. The lowest BCUT2D eigenvalue weighted by molar-refractivity contribution is 0.0565. The molecule has 4 rings (SSSR count).